The van der Waals surface area contributed by atoms with Crippen LogP contribution in [-0.2, 0) is 20.7 Å². The van der Waals surface area contributed by atoms with E-state index in [-0.39, 0.29) is 30.8 Å². The van der Waals surface area contributed by atoms with Crippen LogP contribution in [0.15, 0.2) is 24.3 Å². The fourth-order valence-corrected chi connectivity index (χ4v) is 3.34. The third-order valence-corrected chi connectivity index (χ3v) is 5.06. The first-order valence-corrected chi connectivity index (χ1v) is 9.53. The van der Waals surface area contributed by atoms with Gasteiger partial charge in [0.1, 0.15) is 5.78 Å². The van der Waals surface area contributed by atoms with Crippen molar-refractivity contribution in [1.29, 1.82) is 0 Å². The quantitative estimate of drug-likeness (QED) is 0.429. The van der Waals surface area contributed by atoms with Gasteiger partial charge in [0, 0.05) is 18.8 Å². The van der Waals surface area contributed by atoms with Gasteiger partial charge in [0.15, 0.2) is 0 Å². The summed E-state index contributed by atoms with van der Waals surface area (Å²) in [6.45, 7) is 2.07. The van der Waals surface area contributed by atoms with E-state index >= 15 is 0 Å². The van der Waals surface area contributed by atoms with E-state index in [1.54, 1.807) is 6.92 Å². The highest BCUT2D eigenvalue weighted by Crippen LogP contribution is 2.26. The molecule has 0 spiro atoms. The number of Topliss-reactive ketones (excluding diaryl/α,β-unsaturated/α-hetero) is 1. The normalized spacial score (nSPS) is 18.3. The Bertz CT molecular complexity index is 583. The molecule has 1 fully saturated rings. The smallest absolute Gasteiger partial charge is 0.313 e. The lowest BCUT2D eigenvalue weighted by Gasteiger charge is -2.13. The van der Waals surface area contributed by atoms with Gasteiger partial charge in [0.25, 0.3) is 0 Å². The molecule has 0 radical (unpaired) electrons. The van der Waals surface area contributed by atoms with Crippen molar-refractivity contribution in [3.8, 4) is 0 Å². The van der Waals surface area contributed by atoms with E-state index < -0.39 is 6.43 Å². The molecule has 2 unspecified atom stereocenters. The summed E-state index contributed by atoms with van der Waals surface area (Å²) in [7, 11) is 0. The molecule has 1 aromatic rings. The minimum Gasteiger partial charge on any atom is -0.465 e. The molecule has 0 saturated heterocycles. The molecule has 1 aliphatic carbocycles. The molecule has 0 heterocycles. The molecule has 3 nitrogen and oxygen atoms in total. The fraction of sp³-hybridized carbons (Fsp3) is 0.619. The maximum absolute atomic E-state index is 12.1. The Labute approximate surface area is 154 Å². The van der Waals surface area contributed by atoms with Crippen LogP contribution in [0.1, 0.15) is 68.9 Å². The van der Waals surface area contributed by atoms with Crippen molar-refractivity contribution in [3.05, 3.63) is 35.4 Å². The molecule has 2 rings (SSSR count). The summed E-state index contributed by atoms with van der Waals surface area (Å²) in [5.41, 5.74) is 2.00. The van der Waals surface area contributed by atoms with Crippen molar-refractivity contribution in [2.24, 2.45) is 5.92 Å². The van der Waals surface area contributed by atoms with E-state index in [1.807, 2.05) is 24.3 Å². The average Bonchev–Trinajstić information content (AvgIpc) is 3.02. The topological polar surface area (TPSA) is 43.4 Å². The van der Waals surface area contributed by atoms with Gasteiger partial charge in [-0.05, 0) is 56.6 Å². The number of hydrogen-bond donors (Lipinski definition) is 0. The zero-order chi connectivity index (χ0) is 18.9. The first-order valence-electron chi connectivity index (χ1n) is 9.53. The molecular weight excluding hydrogens is 338 g/mol. The Morgan fingerprint density at radius 3 is 2.54 bits per heavy atom. The van der Waals surface area contributed by atoms with Crippen molar-refractivity contribution in [2.45, 2.75) is 70.6 Å². The number of ketones is 1. The number of rotatable bonds is 10. The summed E-state index contributed by atoms with van der Waals surface area (Å²) in [4.78, 5) is 23.8. The van der Waals surface area contributed by atoms with Crippen LogP contribution < -0.4 is 0 Å². The van der Waals surface area contributed by atoms with E-state index in [4.69, 9.17) is 4.74 Å². The van der Waals surface area contributed by atoms with Crippen LogP contribution in [0.4, 0.5) is 8.78 Å². The van der Waals surface area contributed by atoms with Gasteiger partial charge < -0.3 is 4.74 Å². The van der Waals surface area contributed by atoms with Gasteiger partial charge in [-0.2, -0.15) is 0 Å². The van der Waals surface area contributed by atoms with E-state index in [0.29, 0.717) is 31.5 Å². The second-order valence-corrected chi connectivity index (χ2v) is 7.13. The number of carbonyl (C=O) groups excluding carboxylic acids is 2. The standard InChI is InChI=1S/C21H28F2O3/c1-15(21(25)26-13-4-2-3-8-20(22)23)17-11-9-16(10-12-17)14-18-6-5-7-19(18)24/h9-12,15,18,20H,2-8,13-14H2,1H3. The Hall–Kier alpha value is -1.78. The molecule has 0 bridgehead atoms. The Morgan fingerprint density at radius 2 is 1.92 bits per heavy atom. The number of carbonyl (C=O) groups is 2. The van der Waals surface area contributed by atoms with Crippen LogP contribution >= 0.6 is 0 Å². The predicted molar refractivity (Wildman–Crippen MR) is 96.3 cm³/mol. The Morgan fingerprint density at radius 1 is 1.19 bits per heavy atom. The van der Waals surface area contributed by atoms with E-state index in [9.17, 15) is 18.4 Å². The largest absolute Gasteiger partial charge is 0.465 e. The van der Waals surface area contributed by atoms with Crippen LogP contribution in [0, 0.1) is 5.92 Å². The summed E-state index contributed by atoms with van der Waals surface area (Å²) in [5, 5.41) is 0. The van der Waals surface area contributed by atoms with Gasteiger partial charge in [-0.3, -0.25) is 9.59 Å². The molecule has 2 atom stereocenters. The summed E-state index contributed by atoms with van der Waals surface area (Å²) in [6, 6.07) is 7.80. The van der Waals surface area contributed by atoms with E-state index in [1.165, 1.54) is 0 Å². The SMILES string of the molecule is CC(C(=O)OCCCCCC(F)F)c1ccc(CC2CCCC2=O)cc1. The molecular formula is C21H28F2O3. The number of halogens is 2. The lowest BCUT2D eigenvalue weighted by atomic mass is 9.94. The van der Waals surface area contributed by atoms with E-state index in [0.717, 1.165) is 30.4 Å². The van der Waals surface area contributed by atoms with Crippen LogP contribution in [0.25, 0.3) is 0 Å². The van der Waals surface area contributed by atoms with Crippen molar-refractivity contribution in [1.82, 2.24) is 0 Å². The first-order chi connectivity index (χ1) is 12.5. The van der Waals surface area contributed by atoms with Crippen molar-refractivity contribution in [3.63, 3.8) is 0 Å². The van der Waals surface area contributed by atoms with Crippen LogP contribution in [0.3, 0.4) is 0 Å². The lowest BCUT2D eigenvalue weighted by Crippen LogP contribution is -2.14. The highest BCUT2D eigenvalue weighted by molar-refractivity contribution is 5.83. The molecule has 1 aromatic carbocycles. The van der Waals surface area contributed by atoms with Crippen molar-refractivity contribution >= 4 is 11.8 Å². The number of alkyl halides is 2. The van der Waals surface area contributed by atoms with Gasteiger partial charge in [0.05, 0.1) is 12.5 Å². The minimum atomic E-state index is -2.26. The summed E-state index contributed by atoms with van der Waals surface area (Å²) in [6.07, 6.45) is 2.80. The number of unbranched alkanes of at least 4 members (excludes halogenated alkanes) is 2. The van der Waals surface area contributed by atoms with Gasteiger partial charge >= 0.3 is 5.97 Å². The third kappa shape index (κ3) is 6.50. The fourth-order valence-electron chi connectivity index (χ4n) is 3.34. The molecule has 144 valence electrons. The van der Waals surface area contributed by atoms with Crippen molar-refractivity contribution < 1.29 is 23.1 Å². The molecule has 1 aliphatic rings. The summed E-state index contributed by atoms with van der Waals surface area (Å²) in [5.74, 6) is -0.149. The Kier molecular flexibility index (Phi) is 8.20. The monoisotopic (exact) mass is 366 g/mol. The highest BCUT2D eigenvalue weighted by Gasteiger charge is 2.24. The number of hydrogen-bond acceptors (Lipinski definition) is 3. The van der Waals surface area contributed by atoms with Gasteiger partial charge in [-0.1, -0.05) is 24.3 Å². The predicted octanol–water partition coefficient (Wildman–Crippen LogP) is 5.07. The molecule has 5 heteroatoms. The number of ether oxygens (including phenoxy) is 1. The second-order valence-electron chi connectivity index (χ2n) is 7.13. The van der Waals surface area contributed by atoms with Gasteiger partial charge in [-0.15, -0.1) is 0 Å². The van der Waals surface area contributed by atoms with Crippen molar-refractivity contribution in [2.75, 3.05) is 6.61 Å². The number of benzene rings is 1. The minimum absolute atomic E-state index is 0.0941. The molecule has 0 aliphatic heterocycles. The van der Waals surface area contributed by atoms with Crippen LogP contribution in [0.5, 0.6) is 0 Å². The average molecular weight is 366 g/mol. The maximum Gasteiger partial charge on any atom is 0.313 e. The zero-order valence-electron chi connectivity index (χ0n) is 15.4. The highest BCUT2D eigenvalue weighted by atomic mass is 19.3. The summed E-state index contributed by atoms with van der Waals surface area (Å²) < 4.78 is 29.3. The summed E-state index contributed by atoms with van der Waals surface area (Å²) >= 11 is 0. The number of esters is 1. The Balaban J connectivity index is 1.73. The van der Waals surface area contributed by atoms with E-state index in [2.05, 4.69) is 0 Å². The van der Waals surface area contributed by atoms with Crippen LogP contribution in [0.2, 0.25) is 0 Å². The molecule has 1 saturated carbocycles. The van der Waals surface area contributed by atoms with Crippen LogP contribution in [-0.4, -0.2) is 24.8 Å². The molecule has 26 heavy (non-hydrogen) atoms. The molecule has 0 N–H and O–H groups in total. The van der Waals surface area contributed by atoms with Gasteiger partial charge in [0.2, 0.25) is 6.43 Å². The zero-order valence-corrected chi connectivity index (χ0v) is 15.4. The van der Waals surface area contributed by atoms with Gasteiger partial charge in [-0.25, -0.2) is 8.78 Å². The first kappa shape index (κ1) is 20.5. The third-order valence-electron chi connectivity index (χ3n) is 5.06. The molecule has 0 aromatic heterocycles. The lowest BCUT2D eigenvalue weighted by molar-refractivity contribution is -0.145. The molecule has 0 amide bonds. The maximum atomic E-state index is 12.1. The second kappa shape index (κ2) is 10.4.